The van der Waals surface area contributed by atoms with Crippen LogP contribution in [0.25, 0.3) is 0 Å². The molecule has 3 rings (SSSR count). The van der Waals surface area contributed by atoms with E-state index in [9.17, 15) is 17.6 Å². The molecule has 5 nitrogen and oxygen atoms in total. The molecule has 7 heteroatoms. The predicted octanol–water partition coefficient (Wildman–Crippen LogP) is 3.24. The highest BCUT2D eigenvalue weighted by atomic mass is 32.2. The molecule has 1 saturated heterocycles. The Morgan fingerprint density at radius 2 is 1.68 bits per heavy atom. The Hall–Kier alpha value is -2.25. The second kappa shape index (κ2) is 8.84. The minimum absolute atomic E-state index is 0.0656. The predicted molar refractivity (Wildman–Crippen MR) is 106 cm³/mol. The quantitative estimate of drug-likeness (QED) is 0.804. The van der Waals surface area contributed by atoms with Gasteiger partial charge in [0.25, 0.3) is 0 Å². The fraction of sp³-hybridized carbons (Fsp3) is 0.381. The Morgan fingerprint density at radius 3 is 2.29 bits per heavy atom. The first-order valence-electron chi connectivity index (χ1n) is 9.42. The van der Waals surface area contributed by atoms with Gasteiger partial charge in [0.1, 0.15) is 5.82 Å². The fourth-order valence-electron chi connectivity index (χ4n) is 3.35. The van der Waals surface area contributed by atoms with E-state index in [1.54, 1.807) is 36.4 Å². The van der Waals surface area contributed by atoms with Gasteiger partial charge in [-0.3, -0.25) is 4.79 Å². The summed E-state index contributed by atoms with van der Waals surface area (Å²) in [7, 11) is -3.48. The number of rotatable bonds is 6. The van der Waals surface area contributed by atoms with E-state index in [1.807, 2.05) is 6.92 Å². The number of sulfonamides is 1. The molecule has 0 aromatic heterocycles. The van der Waals surface area contributed by atoms with Gasteiger partial charge in [0.05, 0.1) is 4.90 Å². The average molecular weight is 405 g/mol. The molecule has 2 aromatic rings. The van der Waals surface area contributed by atoms with Crippen molar-refractivity contribution in [3.63, 3.8) is 0 Å². The van der Waals surface area contributed by atoms with Crippen LogP contribution >= 0.6 is 0 Å². The Bertz CT molecular complexity index is 904. The summed E-state index contributed by atoms with van der Waals surface area (Å²) in [6.45, 7) is 3.13. The highest BCUT2D eigenvalue weighted by Crippen LogP contribution is 2.25. The van der Waals surface area contributed by atoms with Gasteiger partial charge in [0.2, 0.25) is 15.9 Å². The van der Waals surface area contributed by atoms with Gasteiger partial charge in [0.15, 0.2) is 0 Å². The van der Waals surface area contributed by atoms with Crippen LogP contribution in [0.3, 0.4) is 0 Å². The van der Waals surface area contributed by atoms with Crippen LogP contribution in [0.15, 0.2) is 53.4 Å². The van der Waals surface area contributed by atoms with Crippen LogP contribution in [0.5, 0.6) is 0 Å². The maximum absolute atomic E-state index is 12.9. The third kappa shape index (κ3) is 5.17. The number of piperidine rings is 1. The summed E-state index contributed by atoms with van der Waals surface area (Å²) in [6.07, 6.45) is 1.70. The summed E-state index contributed by atoms with van der Waals surface area (Å²) in [6, 6.07) is 12.9. The molecule has 1 amide bonds. The molecule has 28 heavy (non-hydrogen) atoms. The minimum Gasteiger partial charge on any atom is -0.352 e. The Balaban J connectivity index is 1.47. The van der Waals surface area contributed by atoms with Gasteiger partial charge in [-0.15, -0.1) is 0 Å². The van der Waals surface area contributed by atoms with E-state index in [0.29, 0.717) is 43.8 Å². The fourth-order valence-corrected chi connectivity index (χ4v) is 4.82. The van der Waals surface area contributed by atoms with Crippen molar-refractivity contribution in [2.24, 2.45) is 5.92 Å². The van der Waals surface area contributed by atoms with Crippen LogP contribution in [0.1, 0.15) is 30.4 Å². The lowest BCUT2D eigenvalue weighted by Gasteiger charge is -2.31. The summed E-state index contributed by atoms with van der Waals surface area (Å²) in [5.74, 6) is -0.204. The Kier molecular flexibility index (Phi) is 6.46. The molecule has 1 N–H and O–H groups in total. The number of hydrogen-bond acceptors (Lipinski definition) is 3. The van der Waals surface area contributed by atoms with Crippen molar-refractivity contribution in [1.29, 1.82) is 0 Å². The van der Waals surface area contributed by atoms with Crippen molar-refractivity contribution in [2.45, 2.75) is 37.6 Å². The Morgan fingerprint density at radius 1 is 1.07 bits per heavy atom. The normalized spacial score (nSPS) is 16.1. The number of carbonyl (C=O) groups excluding carboxylic acids is 1. The van der Waals surface area contributed by atoms with Gasteiger partial charge in [-0.05, 0) is 55.5 Å². The van der Waals surface area contributed by atoms with Crippen molar-refractivity contribution in [3.05, 3.63) is 65.5 Å². The van der Waals surface area contributed by atoms with Gasteiger partial charge < -0.3 is 5.32 Å². The molecule has 0 spiro atoms. The average Bonchev–Trinajstić information content (AvgIpc) is 2.68. The molecule has 0 atom stereocenters. The molecule has 1 aliphatic rings. The van der Waals surface area contributed by atoms with Gasteiger partial charge in [-0.1, -0.05) is 29.8 Å². The number of amides is 1. The van der Waals surface area contributed by atoms with E-state index in [0.717, 1.165) is 11.1 Å². The van der Waals surface area contributed by atoms with Crippen LogP contribution in [-0.2, 0) is 21.4 Å². The lowest BCUT2D eigenvalue weighted by Crippen LogP contribution is -2.39. The molecule has 0 unspecified atom stereocenters. The van der Waals surface area contributed by atoms with Crippen LogP contribution in [-0.4, -0.2) is 31.7 Å². The molecule has 1 heterocycles. The monoisotopic (exact) mass is 404 g/mol. The van der Waals surface area contributed by atoms with E-state index in [4.69, 9.17) is 0 Å². The van der Waals surface area contributed by atoms with Crippen molar-refractivity contribution in [3.8, 4) is 0 Å². The summed E-state index contributed by atoms with van der Waals surface area (Å²) in [5, 5.41) is 2.85. The van der Waals surface area contributed by atoms with Gasteiger partial charge in [-0.2, -0.15) is 4.31 Å². The highest BCUT2D eigenvalue weighted by molar-refractivity contribution is 7.89. The zero-order valence-corrected chi connectivity index (χ0v) is 16.7. The number of aryl methyl sites for hydroxylation is 1. The molecule has 1 fully saturated rings. The number of benzene rings is 2. The van der Waals surface area contributed by atoms with Gasteiger partial charge in [0, 0.05) is 26.1 Å². The van der Waals surface area contributed by atoms with E-state index >= 15 is 0 Å². The third-order valence-electron chi connectivity index (χ3n) is 5.11. The van der Waals surface area contributed by atoms with Crippen LogP contribution in [0.2, 0.25) is 0 Å². The second-order valence-corrected chi connectivity index (χ2v) is 9.21. The second-order valence-electron chi connectivity index (χ2n) is 7.27. The molecular weight excluding hydrogens is 379 g/mol. The van der Waals surface area contributed by atoms with E-state index in [2.05, 4.69) is 5.32 Å². The standard InChI is InChI=1S/C21H25FN2O3S/c1-16-2-8-20(9-3-16)28(26,27)24-12-10-17(11-13-24)14-21(25)23-15-18-4-6-19(22)7-5-18/h2-9,17H,10-15H2,1H3,(H,23,25). The van der Waals surface area contributed by atoms with Gasteiger partial charge in [-0.25, -0.2) is 12.8 Å². The third-order valence-corrected chi connectivity index (χ3v) is 7.02. The first-order valence-corrected chi connectivity index (χ1v) is 10.9. The van der Waals surface area contributed by atoms with Crippen LogP contribution < -0.4 is 5.32 Å². The van der Waals surface area contributed by atoms with Crippen molar-refractivity contribution in [1.82, 2.24) is 9.62 Å². The van der Waals surface area contributed by atoms with Gasteiger partial charge >= 0.3 is 0 Å². The molecule has 1 aliphatic heterocycles. The van der Waals surface area contributed by atoms with E-state index in [-0.39, 0.29) is 17.6 Å². The van der Waals surface area contributed by atoms with Crippen molar-refractivity contribution >= 4 is 15.9 Å². The lowest BCUT2D eigenvalue weighted by atomic mass is 9.94. The topological polar surface area (TPSA) is 66.5 Å². The van der Waals surface area contributed by atoms with E-state index in [1.165, 1.54) is 16.4 Å². The first kappa shape index (κ1) is 20.5. The summed E-state index contributed by atoms with van der Waals surface area (Å²) in [4.78, 5) is 12.5. The number of nitrogens with one attached hydrogen (secondary N) is 1. The molecule has 2 aromatic carbocycles. The zero-order valence-electron chi connectivity index (χ0n) is 15.9. The lowest BCUT2D eigenvalue weighted by molar-refractivity contribution is -0.122. The first-order chi connectivity index (χ1) is 13.3. The number of nitrogens with zero attached hydrogens (tertiary/aromatic N) is 1. The van der Waals surface area contributed by atoms with Crippen LogP contribution in [0.4, 0.5) is 4.39 Å². The molecule has 150 valence electrons. The largest absolute Gasteiger partial charge is 0.352 e. The zero-order chi connectivity index (χ0) is 20.1. The van der Waals surface area contributed by atoms with Crippen molar-refractivity contribution < 1.29 is 17.6 Å². The molecule has 0 bridgehead atoms. The van der Waals surface area contributed by atoms with Crippen LogP contribution in [0, 0.1) is 18.7 Å². The molecule has 0 radical (unpaired) electrons. The number of carbonyl (C=O) groups is 1. The number of hydrogen-bond donors (Lipinski definition) is 1. The maximum atomic E-state index is 12.9. The molecule has 0 aliphatic carbocycles. The minimum atomic E-state index is -3.48. The summed E-state index contributed by atoms with van der Waals surface area (Å²) >= 11 is 0. The maximum Gasteiger partial charge on any atom is 0.243 e. The summed E-state index contributed by atoms with van der Waals surface area (Å²) in [5.41, 5.74) is 1.86. The molecule has 0 saturated carbocycles. The SMILES string of the molecule is Cc1ccc(S(=O)(=O)N2CCC(CC(=O)NCc3ccc(F)cc3)CC2)cc1. The highest BCUT2D eigenvalue weighted by Gasteiger charge is 2.30. The molecular formula is C21H25FN2O3S. The summed E-state index contributed by atoms with van der Waals surface area (Å²) < 4.78 is 39.9. The Labute approximate surface area is 165 Å². The van der Waals surface area contributed by atoms with E-state index < -0.39 is 10.0 Å². The smallest absolute Gasteiger partial charge is 0.243 e. The van der Waals surface area contributed by atoms with Crippen molar-refractivity contribution in [2.75, 3.05) is 13.1 Å². The number of halogens is 1.